The van der Waals surface area contributed by atoms with Crippen molar-refractivity contribution in [2.75, 3.05) is 37.5 Å². The number of amides is 1. The summed E-state index contributed by atoms with van der Waals surface area (Å²) in [6, 6.07) is 22.6. The van der Waals surface area contributed by atoms with Crippen LogP contribution in [0.25, 0.3) is 10.8 Å². The van der Waals surface area contributed by atoms with E-state index in [-0.39, 0.29) is 22.7 Å². The van der Waals surface area contributed by atoms with Crippen LogP contribution in [-0.2, 0) is 21.4 Å². The predicted molar refractivity (Wildman–Crippen MR) is 177 cm³/mol. The second-order valence-electron chi connectivity index (χ2n) is 11.8. The van der Waals surface area contributed by atoms with E-state index in [9.17, 15) is 28.2 Å². The van der Waals surface area contributed by atoms with E-state index in [1.807, 2.05) is 43.3 Å². The van der Waals surface area contributed by atoms with Gasteiger partial charge in [-0.25, -0.2) is 13.2 Å². The lowest BCUT2D eigenvalue weighted by molar-refractivity contribution is -0.118. The van der Waals surface area contributed by atoms with E-state index < -0.39 is 34.2 Å². The number of carboxylic acids is 1. The maximum absolute atomic E-state index is 13.9. The zero-order valence-corrected chi connectivity index (χ0v) is 26.6. The quantitative estimate of drug-likeness (QED) is 0.214. The number of carboxylic acid groups (broad SMARTS) is 1. The maximum Gasteiger partial charge on any atom is 0.339 e. The standard InChI is InChI=1S/C35H39N3O6S/c1-36(2)31-19-20-33(29-12-8-7-11-28(29)31)45(43,44)37(3)23-34(40)38(27-17-18-30(35(41)42)32(39)21-27)22-24-13-15-26(16-14-24)25-9-5-4-6-10-25/h7-8,11-21,25,39H,4-6,9-10,22-23H2,1-3H3,(H,41,42). The fraction of sp³-hybridized carbons (Fsp3) is 0.314. The molecule has 236 valence electrons. The molecule has 5 rings (SSSR count). The van der Waals surface area contributed by atoms with Crippen molar-refractivity contribution in [3.63, 3.8) is 0 Å². The zero-order chi connectivity index (χ0) is 32.3. The van der Waals surface area contributed by atoms with Crippen LogP contribution in [-0.4, -0.2) is 62.5 Å². The van der Waals surface area contributed by atoms with Crippen molar-refractivity contribution < 1.29 is 28.2 Å². The highest BCUT2D eigenvalue weighted by atomic mass is 32.2. The first-order valence-corrected chi connectivity index (χ1v) is 16.5. The van der Waals surface area contributed by atoms with Gasteiger partial charge in [-0.1, -0.05) is 67.8 Å². The highest BCUT2D eigenvalue weighted by Crippen LogP contribution is 2.34. The molecule has 9 nitrogen and oxygen atoms in total. The van der Waals surface area contributed by atoms with Crippen molar-refractivity contribution in [2.45, 2.75) is 49.5 Å². The number of hydrogen-bond acceptors (Lipinski definition) is 6. The molecule has 0 aromatic heterocycles. The molecule has 0 spiro atoms. The van der Waals surface area contributed by atoms with Gasteiger partial charge in [-0.3, -0.25) is 4.79 Å². The second kappa shape index (κ2) is 13.3. The molecule has 1 saturated carbocycles. The third kappa shape index (κ3) is 6.82. The van der Waals surface area contributed by atoms with Crippen molar-refractivity contribution in [3.8, 4) is 5.75 Å². The van der Waals surface area contributed by atoms with Crippen LogP contribution in [0.3, 0.4) is 0 Å². The largest absolute Gasteiger partial charge is 0.507 e. The van der Waals surface area contributed by atoms with Crippen molar-refractivity contribution in [3.05, 3.63) is 95.6 Å². The third-order valence-corrected chi connectivity index (χ3v) is 10.5. The number of likely N-dealkylation sites (N-methyl/N-ethyl adjacent to an activating group) is 1. The lowest BCUT2D eigenvalue weighted by Gasteiger charge is -2.27. The first kappa shape index (κ1) is 32.0. The van der Waals surface area contributed by atoms with Crippen molar-refractivity contribution >= 4 is 44.0 Å². The van der Waals surface area contributed by atoms with Crippen molar-refractivity contribution in [1.29, 1.82) is 0 Å². The van der Waals surface area contributed by atoms with Gasteiger partial charge >= 0.3 is 5.97 Å². The molecule has 1 fully saturated rings. The molecule has 45 heavy (non-hydrogen) atoms. The Morgan fingerprint density at radius 3 is 2.13 bits per heavy atom. The van der Waals surface area contributed by atoms with Gasteiger partial charge in [0.1, 0.15) is 11.3 Å². The van der Waals surface area contributed by atoms with Gasteiger partial charge in [0.05, 0.1) is 18.0 Å². The summed E-state index contributed by atoms with van der Waals surface area (Å²) in [7, 11) is 1.05. The zero-order valence-electron chi connectivity index (χ0n) is 25.8. The Bertz CT molecular complexity index is 1820. The van der Waals surface area contributed by atoms with Gasteiger partial charge in [-0.15, -0.1) is 0 Å². The Kier molecular flexibility index (Phi) is 9.45. The highest BCUT2D eigenvalue weighted by molar-refractivity contribution is 7.89. The smallest absolute Gasteiger partial charge is 0.339 e. The molecular formula is C35H39N3O6S. The molecule has 0 unspecified atom stereocenters. The van der Waals surface area contributed by atoms with Crippen molar-refractivity contribution in [2.24, 2.45) is 0 Å². The summed E-state index contributed by atoms with van der Waals surface area (Å²) in [4.78, 5) is 28.8. The van der Waals surface area contributed by atoms with Gasteiger partial charge in [-0.2, -0.15) is 4.31 Å². The number of carbonyl (C=O) groups excluding carboxylic acids is 1. The molecule has 0 heterocycles. The summed E-state index contributed by atoms with van der Waals surface area (Å²) in [5.41, 5.74) is 2.91. The molecule has 1 aliphatic carbocycles. The predicted octanol–water partition coefficient (Wildman–Crippen LogP) is 6.21. The average Bonchev–Trinajstić information content (AvgIpc) is 3.03. The average molecular weight is 630 g/mol. The Labute approximate surface area is 264 Å². The molecule has 4 aromatic carbocycles. The van der Waals surface area contributed by atoms with E-state index >= 15 is 0 Å². The lowest BCUT2D eigenvalue weighted by Crippen LogP contribution is -2.41. The minimum atomic E-state index is -4.10. The number of aromatic carboxylic acids is 1. The molecule has 4 aromatic rings. The van der Waals surface area contributed by atoms with E-state index in [0.717, 1.165) is 33.8 Å². The molecule has 0 bridgehead atoms. The highest BCUT2D eigenvalue weighted by Gasteiger charge is 2.29. The number of hydrogen-bond donors (Lipinski definition) is 2. The number of aromatic hydroxyl groups is 1. The van der Waals surface area contributed by atoms with Gasteiger partial charge in [0.15, 0.2) is 0 Å². The minimum Gasteiger partial charge on any atom is -0.507 e. The first-order valence-electron chi connectivity index (χ1n) is 15.1. The number of benzene rings is 4. The van der Waals surface area contributed by atoms with E-state index in [4.69, 9.17) is 0 Å². The molecule has 0 saturated heterocycles. The first-order chi connectivity index (χ1) is 21.5. The third-order valence-electron chi connectivity index (χ3n) is 8.61. The van der Waals surface area contributed by atoms with E-state index in [1.54, 1.807) is 24.3 Å². The molecule has 10 heteroatoms. The molecule has 2 N–H and O–H groups in total. The van der Waals surface area contributed by atoms with Gasteiger partial charge in [-0.05, 0) is 54.2 Å². The van der Waals surface area contributed by atoms with Crippen LogP contribution in [0.4, 0.5) is 11.4 Å². The monoisotopic (exact) mass is 629 g/mol. The molecule has 0 aliphatic heterocycles. The number of rotatable bonds is 10. The van der Waals surface area contributed by atoms with E-state index in [0.29, 0.717) is 11.3 Å². The number of phenols is 1. The molecule has 0 atom stereocenters. The van der Waals surface area contributed by atoms with E-state index in [1.165, 1.54) is 55.0 Å². The van der Waals surface area contributed by atoms with Crippen molar-refractivity contribution in [1.82, 2.24) is 4.31 Å². The van der Waals surface area contributed by atoms with Crippen LogP contribution in [0.1, 0.15) is 59.5 Å². The topological polar surface area (TPSA) is 118 Å². The number of sulfonamides is 1. The van der Waals surface area contributed by atoms with E-state index in [2.05, 4.69) is 12.1 Å². The summed E-state index contributed by atoms with van der Waals surface area (Å²) >= 11 is 0. The van der Waals surface area contributed by atoms with Crippen LogP contribution < -0.4 is 9.80 Å². The molecule has 1 amide bonds. The Hall–Kier alpha value is -4.41. The summed E-state index contributed by atoms with van der Waals surface area (Å²) in [6.07, 6.45) is 6.02. The molecule has 1 aliphatic rings. The maximum atomic E-state index is 13.9. The minimum absolute atomic E-state index is 0.0901. The van der Waals surface area contributed by atoms with Crippen LogP contribution in [0.15, 0.2) is 83.8 Å². The van der Waals surface area contributed by atoms with Gasteiger partial charge in [0, 0.05) is 49.4 Å². The lowest BCUT2D eigenvalue weighted by atomic mass is 9.84. The fourth-order valence-electron chi connectivity index (χ4n) is 6.11. The van der Waals surface area contributed by atoms with Crippen LogP contribution in [0.2, 0.25) is 0 Å². The second-order valence-corrected chi connectivity index (χ2v) is 13.9. The Balaban J connectivity index is 1.44. The fourth-order valence-corrected chi connectivity index (χ4v) is 7.42. The number of anilines is 2. The summed E-state index contributed by atoms with van der Waals surface area (Å²) in [5, 5.41) is 21.2. The summed E-state index contributed by atoms with van der Waals surface area (Å²) in [6.45, 7) is -0.377. The van der Waals surface area contributed by atoms with Gasteiger partial charge < -0.3 is 20.0 Å². The van der Waals surface area contributed by atoms with Crippen LogP contribution in [0.5, 0.6) is 5.75 Å². The number of nitrogens with zero attached hydrogens (tertiary/aromatic N) is 3. The van der Waals surface area contributed by atoms with Crippen LogP contribution >= 0.6 is 0 Å². The number of fused-ring (bicyclic) bond motifs is 1. The summed E-state index contributed by atoms with van der Waals surface area (Å²) < 4.78 is 28.8. The Morgan fingerprint density at radius 1 is 0.844 bits per heavy atom. The summed E-state index contributed by atoms with van der Waals surface area (Å²) in [5.74, 6) is -1.80. The van der Waals surface area contributed by atoms with Crippen LogP contribution in [0, 0.1) is 0 Å². The Morgan fingerprint density at radius 2 is 1.51 bits per heavy atom. The van der Waals surface area contributed by atoms with Gasteiger partial charge in [0.2, 0.25) is 15.9 Å². The molecule has 0 radical (unpaired) electrons. The molecular weight excluding hydrogens is 590 g/mol. The SMILES string of the molecule is CN(C)c1ccc(S(=O)(=O)N(C)CC(=O)N(Cc2ccc(C3CCCCC3)cc2)c2ccc(C(=O)O)c(O)c2)c2ccccc12. The number of carbonyl (C=O) groups is 2. The van der Waals surface area contributed by atoms with Gasteiger partial charge in [0.25, 0.3) is 0 Å². The normalized spacial score (nSPS) is 14.0.